The van der Waals surface area contributed by atoms with Crippen LogP contribution in [0.5, 0.6) is 5.75 Å². The highest BCUT2D eigenvalue weighted by Crippen LogP contribution is 2.23. The maximum Gasteiger partial charge on any atom is 0.124 e. The van der Waals surface area contributed by atoms with Gasteiger partial charge in [0.2, 0.25) is 0 Å². The molecule has 0 aliphatic rings. The van der Waals surface area contributed by atoms with Gasteiger partial charge in [0.05, 0.1) is 0 Å². The summed E-state index contributed by atoms with van der Waals surface area (Å²) < 4.78 is 0. The molecular formula is C12H13N3O. The van der Waals surface area contributed by atoms with Crippen molar-refractivity contribution in [2.75, 3.05) is 5.73 Å². The number of hydrogen-bond acceptors (Lipinski definition) is 3. The summed E-state index contributed by atoms with van der Waals surface area (Å²) in [5, 5.41) is 9.62. The van der Waals surface area contributed by atoms with Gasteiger partial charge in [-0.2, -0.15) is 0 Å². The predicted molar refractivity (Wildman–Crippen MR) is 65.4 cm³/mol. The molecule has 2 aromatic rings. The molecule has 4 heteroatoms. The Bertz CT molecular complexity index is 529. The van der Waals surface area contributed by atoms with Gasteiger partial charge >= 0.3 is 0 Å². The molecule has 0 saturated heterocycles. The summed E-state index contributed by atoms with van der Waals surface area (Å²) in [4.78, 5) is 2.86. The summed E-state index contributed by atoms with van der Waals surface area (Å²) >= 11 is 0. The van der Waals surface area contributed by atoms with Gasteiger partial charge in [-0.1, -0.05) is 12.1 Å². The average Bonchev–Trinajstić information content (AvgIpc) is 2.65. The Hall–Kier alpha value is -2.36. The number of nitrogens with one attached hydrogen (secondary N) is 1. The molecule has 0 aliphatic carbocycles. The number of phenolic OH excluding ortho intramolecular Hbond substituents is 1. The van der Waals surface area contributed by atoms with Gasteiger partial charge in [0.15, 0.2) is 0 Å². The number of aromatic hydroxyl groups is 1. The van der Waals surface area contributed by atoms with E-state index in [1.54, 1.807) is 30.5 Å². The second-order valence-electron chi connectivity index (χ2n) is 3.46. The predicted octanol–water partition coefficient (Wildman–Crippen LogP) is 1.76. The normalized spacial score (nSPS) is 11.6. The number of nitrogens with two attached hydrogens (primary N) is 2. The summed E-state index contributed by atoms with van der Waals surface area (Å²) in [7, 11) is 0. The molecule has 0 atom stereocenters. The first-order chi connectivity index (χ1) is 7.68. The van der Waals surface area contributed by atoms with Crippen LogP contribution in [0.4, 0.5) is 5.82 Å². The molecule has 1 heterocycles. The lowest BCUT2D eigenvalue weighted by molar-refractivity contribution is 0.473. The van der Waals surface area contributed by atoms with Gasteiger partial charge in [0.1, 0.15) is 11.6 Å². The van der Waals surface area contributed by atoms with Gasteiger partial charge in [0, 0.05) is 23.0 Å². The fourth-order valence-electron chi connectivity index (χ4n) is 1.48. The van der Waals surface area contributed by atoms with Crippen LogP contribution in [-0.2, 0) is 0 Å². The van der Waals surface area contributed by atoms with Crippen LogP contribution in [0, 0.1) is 0 Å². The first-order valence-electron chi connectivity index (χ1n) is 4.87. The van der Waals surface area contributed by atoms with Crippen molar-refractivity contribution in [3.8, 4) is 5.75 Å². The summed E-state index contributed by atoms with van der Waals surface area (Å²) in [5.41, 5.74) is 13.5. The zero-order chi connectivity index (χ0) is 11.5. The average molecular weight is 215 g/mol. The van der Waals surface area contributed by atoms with Crippen molar-refractivity contribution in [2.24, 2.45) is 5.73 Å². The van der Waals surface area contributed by atoms with Crippen molar-refractivity contribution < 1.29 is 5.11 Å². The quantitative estimate of drug-likeness (QED) is 0.615. The van der Waals surface area contributed by atoms with Gasteiger partial charge in [-0.3, -0.25) is 0 Å². The fourth-order valence-corrected chi connectivity index (χ4v) is 1.48. The lowest BCUT2D eigenvalue weighted by Crippen LogP contribution is -1.97. The Morgan fingerprint density at radius 1 is 1.25 bits per heavy atom. The third kappa shape index (κ3) is 1.86. The number of rotatable bonds is 2. The highest BCUT2D eigenvalue weighted by Gasteiger charge is 2.04. The molecule has 2 rings (SSSR count). The van der Waals surface area contributed by atoms with E-state index in [-0.39, 0.29) is 5.75 Å². The molecule has 0 aliphatic heterocycles. The third-order valence-corrected chi connectivity index (χ3v) is 2.34. The van der Waals surface area contributed by atoms with Gasteiger partial charge in [-0.15, -0.1) is 0 Å². The number of aromatic nitrogens is 1. The smallest absolute Gasteiger partial charge is 0.124 e. The first kappa shape index (κ1) is 10.2. The summed E-state index contributed by atoms with van der Waals surface area (Å²) in [6.07, 6.45) is 3.46. The molecule has 6 N–H and O–H groups in total. The van der Waals surface area contributed by atoms with Crippen LogP contribution in [0.1, 0.15) is 11.1 Å². The second-order valence-corrected chi connectivity index (χ2v) is 3.46. The minimum absolute atomic E-state index is 0.158. The fraction of sp³-hybridized carbons (Fsp3) is 0. The number of benzene rings is 1. The zero-order valence-corrected chi connectivity index (χ0v) is 8.64. The molecule has 82 valence electrons. The molecule has 0 amide bonds. The first-order valence-corrected chi connectivity index (χ1v) is 4.87. The van der Waals surface area contributed by atoms with Crippen LogP contribution in [0.2, 0.25) is 0 Å². The summed E-state index contributed by atoms with van der Waals surface area (Å²) in [5.74, 6) is 0.712. The van der Waals surface area contributed by atoms with Crippen molar-refractivity contribution in [1.82, 2.24) is 4.98 Å². The molecule has 0 bridgehead atoms. The summed E-state index contributed by atoms with van der Waals surface area (Å²) in [6, 6.07) is 8.73. The molecule has 16 heavy (non-hydrogen) atoms. The third-order valence-electron chi connectivity index (χ3n) is 2.34. The van der Waals surface area contributed by atoms with E-state index in [4.69, 9.17) is 11.5 Å². The number of H-pyrrole nitrogens is 1. The Kier molecular flexibility index (Phi) is 2.55. The number of aromatic amines is 1. The second kappa shape index (κ2) is 4.02. The van der Waals surface area contributed by atoms with E-state index in [0.29, 0.717) is 17.1 Å². The van der Waals surface area contributed by atoms with E-state index in [1.807, 2.05) is 12.1 Å². The van der Waals surface area contributed by atoms with Crippen LogP contribution < -0.4 is 11.5 Å². The van der Waals surface area contributed by atoms with Crippen molar-refractivity contribution in [1.29, 1.82) is 0 Å². The minimum atomic E-state index is 0.158. The largest absolute Gasteiger partial charge is 0.507 e. The number of anilines is 1. The van der Waals surface area contributed by atoms with E-state index >= 15 is 0 Å². The topological polar surface area (TPSA) is 88.1 Å². The Balaban J connectivity index is 2.40. The van der Waals surface area contributed by atoms with E-state index in [0.717, 1.165) is 5.56 Å². The van der Waals surface area contributed by atoms with Crippen molar-refractivity contribution in [3.05, 3.63) is 47.7 Å². The van der Waals surface area contributed by atoms with Gasteiger partial charge in [-0.25, -0.2) is 0 Å². The van der Waals surface area contributed by atoms with E-state index in [1.165, 1.54) is 0 Å². The lowest BCUT2D eigenvalue weighted by atomic mass is 10.1. The van der Waals surface area contributed by atoms with E-state index in [9.17, 15) is 5.11 Å². The van der Waals surface area contributed by atoms with Gasteiger partial charge < -0.3 is 21.6 Å². The van der Waals surface area contributed by atoms with Crippen LogP contribution in [0.3, 0.4) is 0 Å². The molecule has 0 radical (unpaired) electrons. The minimum Gasteiger partial charge on any atom is -0.507 e. The van der Waals surface area contributed by atoms with Crippen LogP contribution in [0.15, 0.2) is 36.5 Å². The molecule has 0 saturated carbocycles. The Morgan fingerprint density at radius 3 is 2.62 bits per heavy atom. The standard InChI is InChI=1S/C12H13N3O/c13-10(7-8-5-6-15-12(8)14)9-3-1-2-4-11(9)16/h1-7,15-16H,13-14H2/b10-7-. The van der Waals surface area contributed by atoms with E-state index < -0.39 is 0 Å². The van der Waals surface area contributed by atoms with Crippen LogP contribution >= 0.6 is 0 Å². The number of nitrogen functional groups attached to an aromatic ring is 1. The van der Waals surface area contributed by atoms with Crippen molar-refractivity contribution in [3.63, 3.8) is 0 Å². The zero-order valence-electron chi connectivity index (χ0n) is 8.64. The van der Waals surface area contributed by atoms with Crippen LogP contribution in [0.25, 0.3) is 11.8 Å². The molecule has 1 aromatic carbocycles. The molecular weight excluding hydrogens is 202 g/mol. The lowest BCUT2D eigenvalue weighted by Gasteiger charge is -2.04. The summed E-state index contributed by atoms with van der Waals surface area (Å²) in [6.45, 7) is 0. The molecule has 0 unspecified atom stereocenters. The Labute approximate surface area is 93.2 Å². The van der Waals surface area contributed by atoms with Crippen molar-refractivity contribution >= 4 is 17.6 Å². The van der Waals surface area contributed by atoms with E-state index in [2.05, 4.69) is 4.98 Å². The number of phenols is 1. The Morgan fingerprint density at radius 2 is 2.00 bits per heavy atom. The van der Waals surface area contributed by atoms with Gasteiger partial charge in [0.25, 0.3) is 0 Å². The molecule has 0 spiro atoms. The molecule has 4 nitrogen and oxygen atoms in total. The van der Waals surface area contributed by atoms with Gasteiger partial charge in [-0.05, 0) is 24.3 Å². The highest BCUT2D eigenvalue weighted by atomic mass is 16.3. The monoisotopic (exact) mass is 215 g/mol. The molecule has 1 aromatic heterocycles. The number of para-hydroxylation sites is 1. The number of hydrogen-bond donors (Lipinski definition) is 4. The maximum atomic E-state index is 9.62. The molecule has 0 fully saturated rings. The highest BCUT2D eigenvalue weighted by molar-refractivity contribution is 5.84. The van der Waals surface area contributed by atoms with Crippen LogP contribution in [-0.4, -0.2) is 10.1 Å². The maximum absolute atomic E-state index is 9.62. The SMILES string of the molecule is N/C(=C\c1cc[nH]c1N)c1ccccc1O. The van der Waals surface area contributed by atoms with Crippen molar-refractivity contribution in [2.45, 2.75) is 0 Å².